The highest BCUT2D eigenvalue weighted by atomic mass is 16.5. The van der Waals surface area contributed by atoms with Crippen molar-refractivity contribution >= 4 is 12.0 Å². The van der Waals surface area contributed by atoms with Gasteiger partial charge in [-0.15, -0.1) is 0 Å². The minimum atomic E-state index is -0.858. The van der Waals surface area contributed by atoms with Crippen LogP contribution >= 0.6 is 0 Å². The fourth-order valence-corrected chi connectivity index (χ4v) is 3.47. The first kappa shape index (κ1) is 19.0. The maximum Gasteiger partial charge on any atom is 0.317 e. The van der Waals surface area contributed by atoms with Gasteiger partial charge in [0.2, 0.25) is 0 Å². The minimum Gasteiger partial charge on any atom is -0.480 e. The number of nitrogens with zero attached hydrogens (tertiary/aromatic N) is 2. The highest BCUT2D eigenvalue weighted by molar-refractivity contribution is 5.74. The summed E-state index contributed by atoms with van der Waals surface area (Å²) in [7, 11) is 1.75. The number of carboxylic acid groups (broad SMARTS) is 1. The molecule has 2 rings (SSSR count). The lowest BCUT2D eigenvalue weighted by Crippen LogP contribution is -2.54. The SMILES string of the molecule is CN(CC(=O)O)CC1CN(C(=O)NC2CCC(C)(C)CC2)CCO1. The van der Waals surface area contributed by atoms with Crippen molar-refractivity contribution in [3.63, 3.8) is 0 Å². The third-order valence-corrected chi connectivity index (χ3v) is 5.01. The maximum absolute atomic E-state index is 12.5. The van der Waals surface area contributed by atoms with Gasteiger partial charge in [0.05, 0.1) is 19.3 Å². The van der Waals surface area contributed by atoms with E-state index < -0.39 is 5.97 Å². The fraction of sp³-hybridized carbons (Fsp3) is 0.882. The summed E-state index contributed by atoms with van der Waals surface area (Å²) in [5, 5.41) is 12.0. The van der Waals surface area contributed by atoms with Gasteiger partial charge in [-0.3, -0.25) is 9.69 Å². The van der Waals surface area contributed by atoms with Crippen LogP contribution in [0.1, 0.15) is 39.5 Å². The van der Waals surface area contributed by atoms with E-state index in [1.807, 2.05) is 0 Å². The molecule has 1 saturated carbocycles. The summed E-state index contributed by atoms with van der Waals surface area (Å²) in [5.41, 5.74) is 0.389. The normalized spacial score (nSPS) is 24.8. The molecule has 0 radical (unpaired) electrons. The monoisotopic (exact) mass is 341 g/mol. The van der Waals surface area contributed by atoms with E-state index in [0.29, 0.717) is 31.7 Å². The van der Waals surface area contributed by atoms with Crippen LogP contribution in [-0.2, 0) is 9.53 Å². The number of morpholine rings is 1. The number of nitrogens with one attached hydrogen (secondary N) is 1. The van der Waals surface area contributed by atoms with Crippen LogP contribution in [0, 0.1) is 5.41 Å². The predicted molar refractivity (Wildman–Crippen MR) is 91.0 cm³/mol. The summed E-state index contributed by atoms with van der Waals surface area (Å²) < 4.78 is 5.67. The molecule has 0 aromatic carbocycles. The molecule has 1 atom stereocenters. The number of hydrogen-bond acceptors (Lipinski definition) is 4. The van der Waals surface area contributed by atoms with E-state index in [1.54, 1.807) is 16.8 Å². The van der Waals surface area contributed by atoms with Gasteiger partial charge in [0.15, 0.2) is 0 Å². The Morgan fingerprint density at radius 1 is 1.33 bits per heavy atom. The Balaban J connectivity index is 1.77. The number of aliphatic carboxylic acids is 1. The lowest BCUT2D eigenvalue weighted by Gasteiger charge is -2.38. The molecule has 1 aliphatic heterocycles. The average Bonchev–Trinajstić information content (AvgIpc) is 2.48. The quantitative estimate of drug-likeness (QED) is 0.789. The Morgan fingerprint density at radius 2 is 2.00 bits per heavy atom. The molecule has 138 valence electrons. The topological polar surface area (TPSA) is 82.1 Å². The number of rotatable bonds is 5. The van der Waals surface area contributed by atoms with Gasteiger partial charge in [0.25, 0.3) is 0 Å². The molecular formula is C17H31N3O4. The Hall–Kier alpha value is -1.34. The van der Waals surface area contributed by atoms with Crippen LogP contribution in [0.3, 0.4) is 0 Å². The van der Waals surface area contributed by atoms with Crippen LogP contribution in [0.15, 0.2) is 0 Å². The van der Waals surface area contributed by atoms with Crippen molar-refractivity contribution in [2.24, 2.45) is 5.41 Å². The van der Waals surface area contributed by atoms with Crippen LogP contribution in [0.2, 0.25) is 0 Å². The number of hydrogen-bond donors (Lipinski definition) is 2. The smallest absolute Gasteiger partial charge is 0.317 e. The van der Waals surface area contributed by atoms with Crippen molar-refractivity contribution in [3.8, 4) is 0 Å². The highest BCUT2D eigenvalue weighted by Crippen LogP contribution is 2.35. The molecule has 0 bridgehead atoms. The Kier molecular flexibility index (Phi) is 6.46. The van der Waals surface area contributed by atoms with Gasteiger partial charge >= 0.3 is 12.0 Å². The summed E-state index contributed by atoms with van der Waals surface area (Å²) in [4.78, 5) is 26.7. The number of likely N-dealkylation sites (N-methyl/N-ethyl adjacent to an activating group) is 1. The molecule has 0 aromatic heterocycles. The molecule has 2 amide bonds. The summed E-state index contributed by atoms with van der Waals surface area (Å²) >= 11 is 0. The van der Waals surface area contributed by atoms with Crippen LogP contribution in [0.5, 0.6) is 0 Å². The van der Waals surface area contributed by atoms with Gasteiger partial charge < -0.3 is 20.1 Å². The molecular weight excluding hydrogens is 310 g/mol. The van der Waals surface area contributed by atoms with E-state index >= 15 is 0 Å². The van der Waals surface area contributed by atoms with E-state index in [2.05, 4.69) is 19.2 Å². The van der Waals surface area contributed by atoms with Gasteiger partial charge in [-0.05, 0) is 38.1 Å². The van der Waals surface area contributed by atoms with E-state index in [-0.39, 0.29) is 24.7 Å². The second-order valence-electron chi connectivity index (χ2n) is 7.92. The van der Waals surface area contributed by atoms with Gasteiger partial charge in [0, 0.05) is 25.7 Å². The number of urea groups is 1. The lowest BCUT2D eigenvalue weighted by atomic mass is 9.75. The predicted octanol–water partition coefficient (Wildman–Crippen LogP) is 1.38. The fourth-order valence-electron chi connectivity index (χ4n) is 3.47. The molecule has 7 heteroatoms. The summed E-state index contributed by atoms with van der Waals surface area (Å²) in [6, 6.07) is 0.246. The second-order valence-corrected chi connectivity index (χ2v) is 7.92. The van der Waals surface area contributed by atoms with Crippen molar-refractivity contribution in [1.29, 1.82) is 0 Å². The zero-order chi connectivity index (χ0) is 17.7. The summed E-state index contributed by atoms with van der Waals surface area (Å²) in [6.45, 7) is 6.64. The molecule has 2 fully saturated rings. The summed E-state index contributed by atoms with van der Waals surface area (Å²) in [5.74, 6) is -0.858. The molecule has 24 heavy (non-hydrogen) atoms. The number of carbonyl (C=O) groups is 2. The van der Waals surface area contributed by atoms with Crippen molar-refractivity contribution < 1.29 is 19.4 Å². The number of amides is 2. The van der Waals surface area contributed by atoms with Gasteiger partial charge in [0.1, 0.15) is 0 Å². The third-order valence-electron chi connectivity index (χ3n) is 5.01. The Morgan fingerprint density at radius 3 is 2.62 bits per heavy atom. The number of ether oxygens (including phenoxy) is 1. The van der Waals surface area contributed by atoms with Crippen LogP contribution in [0.25, 0.3) is 0 Å². The Bertz CT molecular complexity index is 445. The second kappa shape index (κ2) is 8.16. The van der Waals surface area contributed by atoms with Crippen molar-refractivity contribution in [3.05, 3.63) is 0 Å². The highest BCUT2D eigenvalue weighted by Gasteiger charge is 2.30. The van der Waals surface area contributed by atoms with Crippen LogP contribution in [0.4, 0.5) is 4.79 Å². The molecule has 2 N–H and O–H groups in total. The largest absolute Gasteiger partial charge is 0.480 e. The molecule has 0 spiro atoms. The van der Waals surface area contributed by atoms with Gasteiger partial charge in [-0.25, -0.2) is 4.79 Å². The first-order chi connectivity index (χ1) is 11.2. The zero-order valence-electron chi connectivity index (χ0n) is 15.1. The van der Waals surface area contributed by atoms with Crippen molar-refractivity contribution in [2.45, 2.75) is 51.7 Å². The number of carbonyl (C=O) groups excluding carboxylic acids is 1. The van der Waals surface area contributed by atoms with Gasteiger partial charge in [-0.1, -0.05) is 13.8 Å². The molecule has 1 heterocycles. The third kappa shape index (κ3) is 5.94. The molecule has 1 aliphatic carbocycles. The number of carboxylic acids is 1. The van der Waals surface area contributed by atoms with E-state index in [0.717, 1.165) is 25.7 Å². The van der Waals surface area contributed by atoms with Crippen molar-refractivity contribution in [2.75, 3.05) is 39.8 Å². The molecule has 1 saturated heterocycles. The first-order valence-electron chi connectivity index (χ1n) is 8.82. The average molecular weight is 341 g/mol. The van der Waals surface area contributed by atoms with Crippen molar-refractivity contribution in [1.82, 2.24) is 15.1 Å². The standard InChI is InChI=1S/C17H31N3O4/c1-17(2)6-4-13(5-7-17)18-16(23)20-8-9-24-14(11-20)10-19(3)12-15(21)22/h13-14H,4-12H2,1-3H3,(H,18,23)(H,21,22). The molecule has 0 aromatic rings. The minimum absolute atomic E-state index is 0.0195. The van der Waals surface area contributed by atoms with Gasteiger partial charge in [-0.2, -0.15) is 0 Å². The van der Waals surface area contributed by atoms with E-state index in [9.17, 15) is 9.59 Å². The first-order valence-corrected chi connectivity index (χ1v) is 8.82. The lowest BCUT2D eigenvalue weighted by molar-refractivity contribution is -0.138. The van der Waals surface area contributed by atoms with Crippen LogP contribution < -0.4 is 5.32 Å². The molecule has 7 nitrogen and oxygen atoms in total. The van der Waals surface area contributed by atoms with Crippen LogP contribution in [-0.4, -0.2) is 78.9 Å². The molecule has 2 aliphatic rings. The maximum atomic E-state index is 12.5. The van der Waals surface area contributed by atoms with E-state index in [1.165, 1.54) is 0 Å². The summed E-state index contributed by atoms with van der Waals surface area (Å²) in [6.07, 6.45) is 4.22. The van der Waals surface area contributed by atoms with E-state index in [4.69, 9.17) is 9.84 Å². The molecule has 1 unspecified atom stereocenters. The zero-order valence-corrected chi connectivity index (χ0v) is 15.1. The Labute approximate surface area is 144 Å².